The molecule has 0 atom stereocenters. The average molecular weight is 341 g/mol. The third-order valence-electron chi connectivity index (χ3n) is 3.11. The maximum Gasteiger partial charge on any atom is 0.245 e. The minimum atomic E-state index is -3.83. The van der Waals surface area contributed by atoms with Crippen LogP contribution in [0.5, 0.6) is 5.75 Å². The SMILES string of the molecule is COc1ccc(Cl)cc1S(=O)(=O)NC(C)(C)c1ccccn1. The van der Waals surface area contributed by atoms with E-state index in [-0.39, 0.29) is 10.6 Å². The molecule has 1 N–H and O–H groups in total. The number of hydrogen-bond donors (Lipinski definition) is 1. The van der Waals surface area contributed by atoms with Crippen LogP contribution in [0.25, 0.3) is 0 Å². The van der Waals surface area contributed by atoms with Gasteiger partial charge in [-0.3, -0.25) is 4.98 Å². The Labute approximate surface area is 135 Å². The molecule has 0 saturated heterocycles. The second-order valence-electron chi connectivity index (χ2n) is 5.24. The fraction of sp³-hybridized carbons (Fsp3) is 0.267. The third-order valence-corrected chi connectivity index (χ3v) is 5.02. The van der Waals surface area contributed by atoms with Crippen LogP contribution in [-0.4, -0.2) is 20.5 Å². The normalized spacial score (nSPS) is 12.2. The number of aromatic nitrogens is 1. The summed E-state index contributed by atoms with van der Waals surface area (Å²) in [5.74, 6) is 0.230. The quantitative estimate of drug-likeness (QED) is 0.908. The molecule has 0 spiro atoms. The van der Waals surface area contributed by atoms with E-state index in [1.807, 2.05) is 0 Å². The first-order valence-corrected chi connectivity index (χ1v) is 8.41. The summed E-state index contributed by atoms with van der Waals surface area (Å²) in [6.07, 6.45) is 1.62. The van der Waals surface area contributed by atoms with Crippen LogP contribution in [0.4, 0.5) is 0 Å². The lowest BCUT2D eigenvalue weighted by atomic mass is 10.0. The van der Waals surface area contributed by atoms with Crippen molar-refractivity contribution in [2.75, 3.05) is 7.11 Å². The average Bonchev–Trinajstić information content (AvgIpc) is 2.47. The molecular formula is C15H17ClN2O3S. The summed E-state index contributed by atoms with van der Waals surface area (Å²) < 4.78 is 33.1. The van der Waals surface area contributed by atoms with Gasteiger partial charge in [0.1, 0.15) is 10.6 Å². The zero-order valence-corrected chi connectivity index (χ0v) is 14.1. The summed E-state index contributed by atoms with van der Waals surface area (Å²) >= 11 is 5.91. The summed E-state index contributed by atoms with van der Waals surface area (Å²) in [4.78, 5) is 4.20. The Morgan fingerprint density at radius 1 is 1.23 bits per heavy atom. The molecule has 0 amide bonds. The highest BCUT2D eigenvalue weighted by Gasteiger charge is 2.30. The molecule has 0 aliphatic heterocycles. The van der Waals surface area contributed by atoms with Gasteiger partial charge in [-0.1, -0.05) is 17.7 Å². The van der Waals surface area contributed by atoms with Gasteiger partial charge in [0, 0.05) is 11.2 Å². The number of rotatable bonds is 5. The smallest absolute Gasteiger partial charge is 0.245 e. The molecule has 0 bridgehead atoms. The lowest BCUT2D eigenvalue weighted by Gasteiger charge is -2.25. The van der Waals surface area contributed by atoms with Crippen LogP contribution in [0.2, 0.25) is 5.02 Å². The molecule has 2 rings (SSSR count). The summed E-state index contributed by atoms with van der Waals surface area (Å²) in [6, 6.07) is 9.79. The number of nitrogens with zero attached hydrogens (tertiary/aromatic N) is 1. The second-order valence-corrected chi connectivity index (χ2v) is 7.33. The van der Waals surface area contributed by atoms with Crippen LogP contribution in [0.3, 0.4) is 0 Å². The highest BCUT2D eigenvalue weighted by Crippen LogP contribution is 2.29. The van der Waals surface area contributed by atoms with Gasteiger partial charge in [-0.05, 0) is 44.2 Å². The van der Waals surface area contributed by atoms with Gasteiger partial charge < -0.3 is 4.74 Å². The number of pyridine rings is 1. The zero-order valence-electron chi connectivity index (χ0n) is 12.5. The Morgan fingerprint density at radius 2 is 1.95 bits per heavy atom. The van der Waals surface area contributed by atoms with E-state index in [2.05, 4.69) is 9.71 Å². The number of halogens is 1. The zero-order chi connectivity index (χ0) is 16.4. The Balaban J connectivity index is 2.42. The van der Waals surface area contributed by atoms with Gasteiger partial charge in [0.15, 0.2) is 0 Å². The van der Waals surface area contributed by atoms with E-state index in [4.69, 9.17) is 16.3 Å². The van der Waals surface area contributed by atoms with Crippen molar-refractivity contribution in [3.63, 3.8) is 0 Å². The molecule has 0 radical (unpaired) electrons. The molecule has 0 aliphatic rings. The molecule has 7 heteroatoms. The number of sulfonamides is 1. The molecular weight excluding hydrogens is 324 g/mol. The first-order chi connectivity index (χ1) is 10.3. The van der Waals surface area contributed by atoms with Gasteiger partial charge in [-0.15, -0.1) is 0 Å². The minimum absolute atomic E-state index is 0.00786. The first-order valence-electron chi connectivity index (χ1n) is 6.55. The van der Waals surface area contributed by atoms with Gasteiger partial charge in [0.25, 0.3) is 0 Å². The lowest BCUT2D eigenvalue weighted by Crippen LogP contribution is -2.41. The van der Waals surface area contributed by atoms with E-state index in [0.717, 1.165) is 0 Å². The van der Waals surface area contributed by atoms with E-state index in [0.29, 0.717) is 10.7 Å². The van der Waals surface area contributed by atoms with Crippen LogP contribution in [-0.2, 0) is 15.6 Å². The molecule has 0 fully saturated rings. The molecule has 2 aromatic rings. The van der Waals surface area contributed by atoms with E-state index in [1.54, 1.807) is 44.3 Å². The largest absolute Gasteiger partial charge is 0.495 e. The van der Waals surface area contributed by atoms with Crippen molar-refractivity contribution in [3.8, 4) is 5.75 Å². The van der Waals surface area contributed by atoms with Crippen molar-refractivity contribution in [1.82, 2.24) is 9.71 Å². The highest BCUT2D eigenvalue weighted by molar-refractivity contribution is 7.89. The van der Waals surface area contributed by atoms with Crippen molar-refractivity contribution in [2.45, 2.75) is 24.3 Å². The number of ether oxygens (including phenoxy) is 1. The molecule has 22 heavy (non-hydrogen) atoms. The highest BCUT2D eigenvalue weighted by atomic mass is 35.5. The standard InChI is InChI=1S/C15H17ClN2O3S/c1-15(2,14-6-4-5-9-17-14)18-22(19,20)13-10-11(16)7-8-12(13)21-3/h4-10,18H,1-3H3. The fourth-order valence-electron chi connectivity index (χ4n) is 2.04. The van der Waals surface area contributed by atoms with Crippen LogP contribution < -0.4 is 9.46 Å². The first kappa shape index (κ1) is 16.7. The molecule has 1 aromatic carbocycles. The van der Waals surface area contributed by atoms with Gasteiger partial charge >= 0.3 is 0 Å². The van der Waals surface area contributed by atoms with Crippen LogP contribution in [0.1, 0.15) is 19.5 Å². The Hall–Kier alpha value is -1.63. The van der Waals surface area contributed by atoms with Gasteiger partial charge in [0.05, 0.1) is 18.3 Å². The summed E-state index contributed by atoms with van der Waals surface area (Å²) in [5, 5.41) is 0.316. The second kappa shape index (κ2) is 6.24. The van der Waals surface area contributed by atoms with Crippen LogP contribution >= 0.6 is 11.6 Å². The third kappa shape index (κ3) is 3.58. The van der Waals surface area contributed by atoms with E-state index < -0.39 is 15.6 Å². The van der Waals surface area contributed by atoms with Gasteiger partial charge in [-0.25, -0.2) is 8.42 Å². The van der Waals surface area contributed by atoms with Crippen LogP contribution in [0.15, 0.2) is 47.5 Å². The number of nitrogens with one attached hydrogen (secondary N) is 1. The van der Waals surface area contributed by atoms with Crippen molar-refractivity contribution in [3.05, 3.63) is 53.3 Å². The van der Waals surface area contributed by atoms with Gasteiger partial charge in [-0.2, -0.15) is 4.72 Å². The molecule has 5 nitrogen and oxygen atoms in total. The molecule has 0 saturated carbocycles. The molecule has 1 aromatic heterocycles. The molecule has 0 aliphatic carbocycles. The Morgan fingerprint density at radius 3 is 2.55 bits per heavy atom. The van der Waals surface area contributed by atoms with Crippen molar-refractivity contribution in [2.24, 2.45) is 0 Å². The Bertz CT molecular complexity index is 762. The minimum Gasteiger partial charge on any atom is -0.495 e. The summed E-state index contributed by atoms with van der Waals surface area (Å²) in [7, 11) is -2.42. The maximum atomic E-state index is 12.7. The number of benzene rings is 1. The number of hydrogen-bond acceptors (Lipinski definition) is 4. The predicted octanol–water partition coefficient (Wildman–Crippen LogP) is 2.96. The fourth-order valence-corrected chi connectivity index (χ4v) is 3.86. The van der Waals surface area contributed by atoms with E-state index in [9.17, 15) is 8.42 Å². The summed E-state index contributed by atoms with van der Waals surface area (Å²) in [5.41, 5.74) is -0.271. The van der Waals surface area contributed by atoms with Crippen molar-refractivity contribution in [1.29, 1.82) is 0 Å². The topological polar surface area (TPSA) is 68.3 Å². The predicted molar refractivity (Wildman–Crippen MR) is 85.6 cm³/mol. The molecule has 0 unspecified atom stereocenters. The molecule has 118 valence electrons. The number of methoxy groups -OCH3 is 1. The van der Waals surface area contributed by atoms with Gasteiger partial charge in [0.2, 0.25) is 10.0 Å². The van der Waals surface area contributed by atoms with Crippen LogP contribution in [0, 0.1) is 0 Å². The van der Waals surface area contributed by atoms with Crippen molar-refractivity contribution >= 4 is 21.6 Å². The van der Waals surface area contributed by atoms with E-state index in [1.165, 1.54) is 19.2 Å². The summed E-state index contributed by atoms with van der Waals surface area (Å²) in [6.45, 7) is 3.48. The Kier molecular flexibility index (Phi) is 4.75. The van der Waals surface area contributed by atoms with Crippen molar-refractivity contribution < 1.29 is 13.2 Å². The lowest BCUT2D eigenvalue weighted by molar-refractivity contribution is 0.400. The maximum absolute atomic E-state index is 12.7. The molecule has 1 heterocycles. The monoisotopic (exact) mass is 340 g/mol. The van der Waals surface area contributed by atoms with E-state index >= 15 is 0 Å².